The van der Waals surface area contributed by atoms with E-state index in [1.54, 1.807) is 0 Å². The minimum Gasteiger partial charge on any atom is -0.346 e. The molecule has 0 atom stereocenters. The van der Waals surface area contributed by atoms with Crippen LogP contribution in [0, 0.1) is 12.1 Å². The molecule has 1 aliphatic rings. The number of hydrogen-bond donors (Lipinski definition) is 0. The maximum absolute atomic E-state index is 3.13. The Morgan fingerprint density at radius 2 is 2.44 bits per heavy atom. The van der Waals surface area contributed by atoms with Crippen molar-refractivity contribution in [1.29, 1.82) is 0 Å². The van der Waals surface area contributed by atoms with Crippen molar-refractivity contribution in [3.05, 3.63) is 24.5 Å². The first-order chi connectivity index (χ1) is 4.45. The van der Waals surface area contributed by atoms with Crippen LogP contribution in [0.25, 0.3) is 0 Å². The molecule has 1 aromatic heterocycles. The highest BCUT2D eigenvalue weighted by Crippen LogP contribution is 2.30. The van der Waals surface area contributed by atoms with Crippen LogP contribution < -0.4 is 0 Å². The fourth-order valence-corrected chi connectivity index (χ4v) is 1.02. The highest BCUT2D eigenvalue weighted by molar-refractivity contribution is 4.90. The molecule has 0 N–H and O–H groups in total. The first-order valence-corrected chi connectivity index (χ1v) is 3.48. The van der Waals surface area contributed by atoms with Crippen molar-refractivity contribution in [2.45, 2.75) is 19.4 Å². The summed E-state index contributed by atoms with van der Waals surface area (Å²) in [5.74, 6) is 0.966. The molecule has 0 aliphatic heterocycles. The Balaban J connectivity index is 1.99. The zero-order valence-electron chi connectivity index (χ0n) is 5.38. The minimum absolute atomic E-state index is 0.966. The van der Waals surface area contributed by atoms with Gasteiger partial charge >= 0.3 is 0 Å². The number of nitrogens with zero attached hydrogens (tertiary/aromatic N) is 1. The molecule has 1 radical (unpaired) electrons. The quantitative estimate of drug-likeness (QED) is 0.559. The van der Waals surface area contributed by atoms with Crippen molar-refractivity contribution in [1.82, 2.24) is 4.57 Å². The average molecular weight is 120 g/mol. The lowest BCUT2D eigenvalue weighted by molar-refractivity contribution is 0.627. The Morgan fingerprint density at radius 3 is 3.00 bits per heavy atom. The third-order valence-electron chi connectivity index (χ3n) is 1.75. The van der Waals surface area contributed by atoms with Gasteiger partial charge < -0.3 is 4.57 Å². The fourth-order valence-electron chi connectivity index (χ4n) is 1.02. The van der Waals surface area contributed by atoms with Gasteiger partial charge in [-0.3, -0.25) is 0 Å². The van der Waals surface area contributed by atoms with Crippen LogP contribution in [0.1, 0.15) is 12.8 Å². The molecule has 9 heavy (non-hydrogen) atoms. The van der Waals surface area contributed by atoms with Gasteiger partial charge in [-0.15, -0.1) is 0 Å². The Labute approximate surface area is 55.3 Å². The summed E-state index contributed by atoms with van der Waals surface area (Å²) >= 11 is 0. The summed E-state index contributed by atoms with van der Waals surface area (Å²) in [6.07, 6.45) is 8.05. The van der Waals surface area contributed by atoms with E-state index >= 15 is 0 Å². The highest BCUT2D eigenvalue weighted by Gasteiger charge is 2.20. The summed E-state index contributed by atoms with van der Waals surface area (Å²) in [4.78, 5) is 0. The molecule has 0 spiro atoms. The van der Waals surface area contributed by atoms with Crippen LogP contribution in [0.3, 0.4) is 0 Å². The van der Waals surface area contributed by atoms with E-state index in [0.717, 1.165) is 5.92 Å². The van der Waals surface area contributed by atoms with Crippen molar-refractivity contribution >= 4 is 0 Å². The van der Waals surface area contributed by atoms with Crippen molar-refractivity contribution in [3.63, 3.8) is 0 Å². The lowest BCUT2D eigenvalue weighted by Crippen LogP contribution is -1.94. The van der Waals surface area contributed by atoms with Crippen LogP contribution >= 0.6 is 0 Å². The summed E-state index contributed by atoms with van der Waals surface area (Å²) in [7, 11) is 0. The maximum Gasteiger partial charge on any atom is 0.0647 e. The average Bonchev–Trinajstić information content (AvgIpc) is 2.46. The predicted octanol–water partition coefficient (Wildman–Crippen LogP) is 1.70. The van der Waals surface area contributed by atoms with Crippen LogP contribution in [-0.4, -0.2) is 4.57 Å². The van der Waals surface area contributed by atoms with Gasteiger partial charge in [0.25, 0.3) is 0 Å². The van der Waals surface area contributed by atoms with Gasteiger partial charge in [-0.25, -0.2) is 0 Å². The molecule has 0 aromatic carbocycles. The normalized spacial score (nSPS) is 18.2. The van der Waals surface area contributed by atoms with E-state index in [4.69, 9.17) is 0 Å². The minimum atomic E-state index is 0.966. The predicted molar refractivity (Wildman–Crippen MR) is 36.0 cm³/mol. The molecule has 47 valence electrons. The van der Waals surface area contributed by atoms with E-state index in [9.17, 15) is 0 Å². The molecule has 0 bridgehead atoms. The van der Waals surface area contributed by atoms with Crippen molar-refractivity contribution in [2.24, 2.45) is 5.92 Å². The molecule has 1 aromatic rings. The zero-order valence-corrected chi connectivity index (χ0v) is 5.38. The van der Waals surface area contributed by atoms with E-state index in [2.05, 4.69) is 17.0 Å². The van der Waals surface area contributed by atoms with E-state index in [-0.39, 0.29) is 0 Å². The first kappa shape index (κ1) is 5.10. The van der Waals surface area contributed by atoms with Crippen LogP contribution in [0.5, 0.6) is 0 Å². The molecule has 2 rings (SSSR count). The van der Waals surface area contributed by atoms with Crippen LogP contribution in [-0.2, 0) is 6.54 Å². The monoisotopic (exact) mass is 120 g/mol. The van der Waals surface area contributed by atoms with Crippen molar-refractivity contribution in [2.75, 3.05) is 0 Å². The molecule has 0 saturated heterocycles. The molecule has 0 amide bonds. The molecular weight excluding hydrogens is 110 g/mol. The molecule has 1 saturated carbocycles. The Morgan fingerprint density at radius 1 is 1.56 bits per heavy atom. The summed E-state index contributed by atoms with van der Waals surface area (Å²) < 4.78 is 2.14. The Hall–Kier alpha value is -0.720. The Kier molecular flexibility index (Phi) is 1.08. The summed E-state index contributed by atoms with van der Waals surface area (Å²) in [6.45, 7) is 1.19. The number of rotatable bonds is 2. The molecule has 1 heteroatoms. The second kappa shape index (κ2) is 1.90. The van der Waals surface area contributed by atoms with Crippen molar-refractivity contribution in [3.8, 4) is 0 Å². The summed E-state index contributed by atoms with van der Waals surface area (Å²) in [6, 6.07) is 3.99. The third kappa shape index (κ3) is 1.15. The van der Waals surface area contributed by atoms with Gasteiger partial charge in [-0.1, -0.05) is 0 Å². The van der Waals surface area contributed by atoms with Gasteiger partial charge in [-0.2, -0.15) is 0 Å². The van der Waals surface area contributed by atoms with Crippen LogP contribution in [0.2, 0.25) is 0 Å². The second-order valence-electron chi connectivity index (χ2n) is 2.73. The van der Waals surface area contributed by atoms with Crippen LogP contribution in [0.4, 0.5) is 0 Å². The SMILES string of the molecule is [c]1cccn1CC1CC1. The molecule has 1 fully saturated rings. The Bertz CT molecular complexity index is 172. The molecule has 1 aliphatic carbocycles. The topological polar surface area (TPSA) is 4.93 Å². The molecule has 1 heterocycles. The van der Waals surface area contributed by atoms with Gasteiger partial charge in [0.1, 0.15) is 0 Å². The van der Waals surface area contributed by atoms with E-state index in [0.29, 0.717) is 0 Å². The zero-order chi connectivity index (χ0) is 6.10. The van der Waals surface area contributed by atoms with E-state index in [1.165, 1.54) is 19.4 Å². The van der Waals surface area contributed by atoms with Gasteiger partial charge in [0, 0.05) is 12.7 Å². The lowest BCUT2D eigenvalue weighted by atomic mass is 10.4. The summed E-state index contributed by atoms with van der Waals surface area (Å²) in [5.41, 5.74) is 0. The molecule has 1 nitrogen and oxygen atoms in total. The highest BCUT2D eigenvalue weighted by atomic mass is 14.9. The second-order valence-corrected chi connectivity index (χ2v) is 2.73. The standard InChI is InChI=1S/C8H10N/c1-2-6-9(5-1)7-8-3-4-8/h1-2,5,8H,3-4,7H2. The molecular formula is C8H10N. The van der Waals surface area contributed by atoms with Crippen molar-refractivity contribution < 1.29 is 0 Å². The molecule has 0 unspecified atom stereocenters. The van der Waals surface area contributed by atoms with Crippen LogP contribution in [0.15, 0.2) is 18.3 Å². The number of hydrogen-bond acceptors (Lipinski definition) is 0. The lowest BCUT2D eigenvalue weighted by Gasteiger charge is -1.96. The van der Waals surface area contributed by atoms with Gasteiger partial charge in [0.15, 0.2) is 0 Å². The van der Waals surface area contributed by atoms with E-state index < -0.39 is 0 Å². The first-order valence-electron chi connectivity index (χ1n) is 3.48. The fraction of sp³-hybridized carbons (Fsp3) is 0.500. The summed E-state index contributed by atoms with van der Waals surface area (Å²) in [5, 5.41) is 0. The van der Waals surface area contributed by atoms with Gasteiger partial charge in [0.05, 0.1) is 6.20 Å². The van der Waals surface area contributed by atoms with Gasteiger partial charge in [0.2, 0.25) is 0 Å². The van der Waals surface area contributed by atoms with E-state index in [1.807, 2.05) is 12.1 Å². The third-order valence-corrected chi connectivity index (χ3v) is 1.75. The van der Waals surface area contributed by atoms with Gasteiger partial charge in [-0.05, 0) is 30.9 Å². The smallest absolute Gasteiger partial charge is 0.0647 e. The largest absolute Gasteiger partial charge is 0.346 e. The maximum atomic E-state index is 3.13. The number of aromatic nitrogens is 1.